The van der Waals surface area contributed by atoms with Gasteiger partial charge in [-0.2, -0.15) is 0 Å². The van der Waals surface area contributed by atoms with E-state index in [1.807, 2.05) is 19.2 Å². The summed E-state index contributed by atoms with van der Waals surface area (Å²) < 4.78 is 10.8. The summed E-state index contributed by atoms with van der Waals surface area (Å²) in [5.41, 5.74) is 1.01. The molecule has 1 aliphatic rings. The quantitative estimate of drug-likeness (QED) is 0.561. The highest BCUT2D eigenvalue weighted by atomic mass is 16.7. The zero-order chi connectivity index (χ0) is 11.2. The van der Waals surface area contributed by atoms with Crippen LogP contribution in [-0.2, 0) is 11.3 Å². The predicted molar refractivity (Wildman–Crippen MR) is 61.2 cm³/mol. The van der Waals surface area contributed by atoms with Crippen LogP contribution < -0.4 is 10.1 Å². The van der Waals surface area contributed by atoms with E-state index in [-0.39, 0.29) is 0 Å². The van der Waals surface area contributed by atoms with Gasteiger partial charge in [0.2, 0.25) is 0 Å². The Balaban J connectivity index is 1.67. The van der Waals surface area contributed by atoms with Gasteiger partial charge >= 0.3 is 0 Å². The molecule has 0 unspecified atom stereocenters. The van der Waals surface area contributed by atoms with Gasteiger partial charge in [-0.3, -0.25) is 4.98 Å². The van der Waals surface area contributed by atoms with Crippen LogP contribution in [0.15, 0.2) is 18.3 Å². The average molecular weight is 222 g/mol. The lowest BCUT2D eigenvalue weighted by Gasteiger charge is -2.07. The maximum Gasteiger partial charge on any atom is 0.189 e. The zero-order valence-electron chi connectivity index (χ0n) is 9.61. The van der Waals surface area contributed by atoms with Crippen molar-refractivity contribution in [2.45, 2.75) is 19.4 Å². The summed E-state index contributed by atoms with van der Waals surface area (Å²) in [6.45, 7) is 1.92. The number of hydrogen-bond acceptors (Lipinski definition) is 4. The van der Waals surface area contributed by atoms with E-state index in [0.29, 0.717) is 6.79 Å². The first kappa shape index (κ1) is 11.4. The topological polar surface area (TPSA) is 43.4 Å². The molecule has 0 bridgehead atoms. The monoisotopic (exact) mass is 222 g/mol. The lowest BCUT2D eigenvalue weighted by Crippen LogP contribution is -2.08. The molecule has 1 aromatic rings. The van der Waals surface area contributed by atoms with Crippen LogP contribution in [0.25, 0.3) is 0 Å². The van der Waals surface area contributed by atoms with Gasteiger partial charge in [-0.1, -0.05) is 0 Å². The first-order valence-electron chi connectivity index (χ1n) is 5.68. The maximum absolute atomic E-state index is 5.41. The molecule has 1 aromatic heterocycles. The number of hydrogen-bond donors (Lipinski definition) is 1. The second-order valence-corrected chi connectivity index (χ2v) is 4.09. The van der Waals surface area contributed by atoms with Crippen molar-refractivity contribution in [1.82, 2.24) is 10.3 Å². The summed E-state index contributed by atoms with van der Waals surface area (Å²) in [5.74, 6) is 1.54. The SMILES string of the molecule is CNCc1ccc(OCOCC2CC2)cn1. The third-order valence-electron chi connectivity index (χ3n) is 2.51. The number of rotatable bonds is 7. The first-order valence-corrected chi connectivity index (χ1v) is 5.68. The van der Waals surface area contributed by atoms with Crippen LogP contribution in [0.4, 0.5) is 0 Å². The summed E-state index contributed by atoms with van der Waals surface area (Å²) in [6, 6.07) is 3.87. The number of ether oxygens (including phenoxy) is 2. The fourth-order valence-electron chi connectivity index (χ4n) is 1.39. The number of pyridine rings is 1. The van der Waals surface area contributed by atoms with Crippen LogP contribution in [0.5, 0.6) is 5.75 Å². The molecule has 0 aromatic carbocycles. The minimum Gasteiger partial charge on any atom is -0.466 e. The standard InChI is InChI=1S/C12H18N2O2/c1-13-6-11-4-5-12(7-14-11)16-9-15-8-10-2-3-10/h4-5,7,10,13H,2-3,6,8-9H2,1H3. The summed E-state index contributed by atoms with van der Waals surface area (Å²) in [7, 11) is 1.90. The van der Waals surface area contributed by atoms with Crippen molar-refractivity contribution in [2.24, 2.45) is 5.92 Å². The number of nitrogens with zero attached hydrogens (tertiary/aromatic N) is 1. The van der Waals surface area contributed by atoms with Crippen LogP contribution in [0.1, 0.15) is 18.5 Å². The lowest BCUT2D eigenvalue weighted by molar-refractivity contribution is 0.00977. The Hall–Kier alpha value is -1.13. The fourth-order valence-corrected chi connectivity index (χ4v) is 1.39. The van der Waals surface area contributed by atoms with Crippen molar-refractivity contribution in [2.75, 3.05) is 20.4 Å². The molecule has 2 rings (SSSR count). The van der Waals surface area contributed by atoms with Crippen LogP contribution in [0, 0.1) is 5.92 Å². The van der Waals surface area contributed by atoms with Crippen LogP contribution >= 0.6 is 0 Å². The molecule has 0 radical (unpaired) electrons. The van der Waals surface area contributed by atoms with Gasteiger partial charge < -0.3 is 14.8 Å². The fraction of sp³-hybridized carbons (Fsp3) is 0.583. The lowest BCUT2D eigenvalue weighted by atomic mass is 10.3. The second kappa shape index (κ2) is 5.82. The highest BCUT2D eigenvalue weighted by Crippen LogP contribution is 2.28. The van der Waals surface area contributed by atoms with Crippen molar-refractivity contribution in [3.05, 3.63) is 24.0 Å². The number of nitrogens with one attached hydrogen (secondary N) is 1. The van der Waals surface area contributed by atoms with E-state index >= 15 is 0 Å². The smallest absolute Gasteiger partial charge is 0.189 e. The molecule has 4 nitrogen and oxygen atoms in total. The molecular formula is C12H18N2O2. The Kier molecular flexibility index (Phi) is 4.13. The Bertz CT molecular complexity index is 309. The van der Waals surface area contributed by atoms with Crippen LogP contribution in [-0.4, -0.2) is 25.4 Å². The van der Waals surface area contributed by atoms with Crippen molar-refractivity contribution in [3.8, 4) is 5.75 Å². The molecule has 1 fully saturated rings. The molecule has 0 atom stereocenters. The molecule has 16 heavy (non-hydrogen) atoms. The Morgan fingerprint density at radius 1 is 1.44 bits per heavy atom. The van der Waals surface area contributed by atoms with Gasteiger partial charge in [0, 0.05) is 6.54 Å². The highest BCUT2D eigenvalue weighted by molar-refractivity contribution is 5.19. The largest absolute Gasteiger partial charge is 0.466 e. The maximum atomic E-state index is 5.41. The third-order valence-corrected chi connectivity index (χ3v) is 2.51. The van der Waals surface area contributed by atoms with Gasteiger partial charge in [0.25, 0.3) is 0 Å². The second-order valence-electron chi connectivity index (χ2n) is 4.09. The minimum atomic E-state index is 0.323. The highest BCUT2D eigenvalue weighted by Gasteiger charge is 2.20. The molecular weight excluding hydrogens is 204 g/mol. The van der Waals surface area contributed by atoms with E-state index in [2.05, 4.69) is 10.3 Å². The van der Waals surface area contributed by atoms with E-state index in [0.717, 1.165) is 30.5 Å². The van der Waals surface area contributed by atoms with E-state index in [1.165, 1.54) is 12.8 Å². The molecule has 0 aliphatic heterocycles. The van der Waals surface area contributed by atoms with Gasteiger partial charge in [-0.05, 0) is 37.9 Å². The summed E-state index contributed by atoms with van der Waals surface area (Å²) in [5, 5.41) is 3.05. The van der Waals surface area contributed by atoms with Gasteiger partial charge in [-0.15, -0.1) is 0 Å². The Morgan fingerprint density at radius 2 is 2.31 bits per heavy atom. The Labute approximate surface area is 96.0 Å². The van der Waals surface area contributed by atoms with Crippen molar-refractivity contribution < 1.29 is 9.47 Å². The molecule has 1 heterocycles. The van der Waals surface area contributed by atoms with E-state index < -0.39 is 0 Å². The molecule has 88 valence electrons. The molecule has 0 amide bonds. The first-order chi connectivity index (χ1) is 7.88. The number of aromatic nitrogens is 1. The van der Waals surface area contributed by atoms with Crippen LogP contribution in [0.2, 0.25) is 0 Å². The van der Waals surface area contributed by atoms with Crippen molar-refractivity contribution >= 4 is 0 Å². The van der Waals surface area contributed by atoms with Crippen molar-refractivity contribution in [1.29, 1.82) is 0 Å². The van der Waals surface area contributed by atoms with Crippen LogP contribution in [0.3, 0.4) is 0 Å². The predicted octanol–water partition coefficient (Wildman–Crippen LogP) is 1.56. The van der Waals surface area contributed by atoms with E-state index in [4.69, 9.17) is 9.47 Å². The van der Waals surface area contributed by atoms with Crippen molar-refractivity contribution in [3.63, 3.8) is 0 Å². The van der Waals surface area contributed by atoms with Gasteiger partial charge in [0.15, 0.2) is 6.79 Å². The molecule has 4 heteroatoms. The van der Waals surface area contributed by atoms with E-state index in [9.17, 15) is 0 Å². The summed E-state index contributed by atoms with van der Waals surface area (Å²) in [6.07, 6.45) is 4.34. The molecule has 1 aliphatic carbocycles. The minimum absolute atomic E-state index is 0.323. The third kappa shape index (κ3) is 3.79. The van der Waals surface area contributed by atoms with Gasteiger partial charge in [-0.25, -0.2) is 0 Å². The van der Waals surface area contributed by atoms with Gasteiger partial charge in [0.1, 0.15) is 5.75 Å². The Morgan fingerprint density at radius 3 is 2.94 bits per heavy atom. The molecule has 1 saturated carbocycles. The van der Waals surface area contributed by atoms with E-state index in [1.54, 1.807) is 6.20 Å². The molecule has 0 saturated heterocycles. The summed E-state index contributed by atoms with van der Waals surface area (Å²) in [4.78, 5) is 4.25. The molecule has 1 N–H and O–H groups in total. The molecule has 0 spiro atoms. The average Bonchev–Trinajstić information content (AvgIpc) is 3.11. The normalized spacial score (nSPS) is 15.1. The van der Waals surface area contributed by atoms with Gasteiger partial charge in [0.05, 0.1) is 18.5 Å². The zero-order valence-corrected chi connectivity index (χ0v) is 9.61. The summed E-state index contributed by atoms with van der Waals surface area (Å²) >= 11 is 0.